The van der Waals surface area contributed by atoms with E-state index in [2.05, 4.69) is 22.6 Å². The van der Waals surface area contributed by atoms with Crippen LogP contribution in [-0.2, 0) is 38.1 Å². The first-order valence-electron chi connectivity index (χ1n) is 7.67. The Hall–Kier alpha value is -2.64. The summed E-state index contributed by atoms with van der Waals surface area (Å²) in [6.07, 6.45) is -1.06. The molecule has 0 heterocycles. The van der Waals surface area contributed by atoms with Gasteiger partial charge in [-0.05, 0) is 27.2 Å². The van der Waals surface area contributed by atoms with Gasteiger partial charge in [0.25, 0.3) is 0 Å². The molecule has 0 radical (unpaired) electrons. The SMILES string of the molecule is C=C(C)C(=O)OC(C)COC(=O)C(=O)OCC(C)OC(=O)C(=C)CC. The second-order valence-corrected chi connectivity index (χ2v) is 5.37. The van der Waals surface area contributed by atoms with Crippen LogP contribution in [0.1, 0.15) is 34.1 Å². The highest BCUT2D eigenvalue weighted by atomic mass is 16.6. The summed E-state index contributed by atoms with van der Waals surface area (Å²) < 4.78 is 19.2. The highest BCUT2D eigenvalue weighted by Crippen LogP contribution is 2.04. The van der Waals surface area contributed by atoms with Gasteiger partial charge in [-0.25, -0.2) is 19.2 Å². The Morgan fingerprint density at radius 2 is 1.20 bits per heavy atom. The Morgan fingerprint density at radius 1 is 0.800 bits per heavy atom. The van der Waals surface area contributed by atoms with Crippen LogP contribution in [0.4, 0.5) is 0 Å². The second kappa shape index (κ2) is 11.0. The van der Waals surface area contributed by atoms with Gasteiger partial charge in [0, 0.05) is 11.1 Å². The molecular formula is C17H24O8. The fraction of sp³-hybridized carbons (Fsp3) is 0.529. The van der Waals surface area contributed by atoms with Crippen LogP contribution >= 0.6 is 0 Å². The van der Waals surface area contributed by atoms with Crippen molar-refractivity contribution in [2.24, 2.45) is 0 Å². The number of esters is 4. The Kier molecular flexibility index (Phi) is 9.85. The van der Waals surface area contributed by atoms with E-state index in [0.29, 0.717) is 6.42 Å². The number of ether oxygens (including phenoxy) is 4. The summed E-state index contributed by atoms with van der Waals surface area (Å²) in [5.74, 6) is -3.71. The summed E-state index contributed by atoms with van der Waals surface area (Å²) >= 11 is 0. The fourth-order valence-corrected chi connectivity index (χ4v) is 1.27. The van der Waals surface area contributed by atoms with Crippen molar-refractivity contribution < 1.29 is 38.1 Å². The quantitative estimate of drug-likeness (QED) is 0.265. The molecule has 0 saturated heterocycles. The number of carbonyl (C=O) groups is 4. The highest BCUT2D eigenvalue weighted by molar-refractivity contribution is 6.29. The predicted molar refractivity (Wildman–Crippen MR) is 87.3 cm³/mol. The first kappa shape index (κ1) is 22.4. The maximum absolute atomic E-state index is 11.5. The molecule has 0 aliphatic rings. The van der Waals surface area contributed by atoms with E-state index in [9.17, 15) is 19.2 Å². The lowest BCUT2D eigenvalue weighted by Crippen LogP contribution is -2.29. The number of rotatable bonds is 9. The van der Waals surface area contributed by atoms with Gasteiger partial charge in [-0.3, -0.25) is 0 Å². The number of carbonyl (C=O) groups excluding carboxylic acids is 4. The summed E-state index contributed by atoms with van der Waals surface area (Å²) in [7, 11) is 0. The Labute approximate surface area is 146 Å². The van der Waals surface area contributed by atoms with Gasteiger partial charge in [-0.15, -0.1) is 0 Å². The van der Waals surface area contributed by atoms with E-state index in [-0.39, 0.29) is 24.4 Å². The molecule has 0 aliphatic carbocycles. The van der Waals surface area contributed by atoms with E-state index in [1.807, 2.05) is 0 Å². The molecule has 2 unspecified atom stereocenters. The number of hydrogen-bond donors (Lipinski definition) is 0. The van der Waals surface area contributed by atoms with Crippen LogP contribution in [0.2, 0.25) is 0 Å². The van der Waals surface area contributed by atoms with Crippen molar-refractivity contribution in [3.63, 3.8) is 0 Å². The molecule has 2 atom stereocenters. The van der Waals surface area contributed by atoms with Crippen molar-refractivity contribution in [1.82, 2.24) is 0 Å². The molecule has 0 aromatic rings. The summed E-state index contributed by atoms with van der Waals surface area (Å²) in [5.41, 5.74) is 0.489. The molecule has 140 valence electrons. The van der Waals surface area contributed by atoms with Crippen LogP contribution in [0.15, 0.2) is 24.3 Å². The van der Waals surface area contributed by atoms with Gasteiger partial charge in [0.1, 0.15) is 25.4 Å². The zero-order valence-electron chi connectivity index (χ0n) is 15.0. The zero-order chi connectivity index (χ0) is 19.6. The monoisotopic (exact) mass is 356 g/mol. The third-order valence-corrected chi connectivity index (χ3v) is 2.75. The van der Waals surface area contributed by atoms with E-state index < -0.39 is 36.1 Å². The second-order valence-electron chi connectivity index (χ2n) is 5.37. The van der Waals surface area contributed by atoms with Gasteiger partial charge in [-0.2, -0.15) is 0 Å². The van der Waals surface area contributed by atoms with Crippen LogP contribution in [0, 0.1) is 0 Å². The van der Waals surface area contributed by atoms with E-state index in [4.69, 9.17) is 9.47 Å². The minimum absolute atomic E-state index is 0.201. The first-order valence-corrected chi connectivity index (χ1v) is 7.67. The van der Waals surface area contributed by atoms with E-state index in [0.717, 1.165) is 0 Å². The Balaban J connectivity index is 4.16. The molecule has 25 heavy (non-hydrogen) atoms. The van der Waals surface area contributed by atoms with Gasteiger partial charge >= 0.3 is 23.9 Å². The molecule has 8 nitrogen and oxygen atoms in total. The van der Waals surface area contributed by atoms with Crippen LogP contribution in [0.3, 0.4) is 0 Å². The molecule has 0 spiro atoms. The third-order valence-electron chi connectivity index (χ3n) is 2.75. The largest absolute Gasteiger partial charge is 0.456 e. The Bertz CT molecular complexity index is 549. The molecule has 0 N–H and O–H groups in total. The average Bonchev–Trinajstić information content (AvgIpc) is 2.56. The van der Waals surface area contributed by atoms with Crippen molar-refractivity contribution in [2.45, 2.75) is 46.3 Å². The average molecular weight is 356 g/mol. The molecule has 0 rings (SSSR count). The standard InChI is InChI=1S/C17H24O8/c1-7-11(4)15(19)25-13(6)9-23-17(21)16(20)22-8-12(5)24-14(18)10(2)3/h12-13H,2,4,7-9H2,1,3,5-6H3. The molecule has 0 bridgehead atoms. The fourth-order valence-electron chi connectivity index (χ4n) is 1.27. The minimum atomic E-state index is -1.24. The van der Waals surface area contributed by atoms with Crippen LogP contribution in [0.25, 0.3) is 0 Å². The van der Waals surface area contributed by atoms with Crippen LogP contribution in [0.5, 0.6) is 0 Å². The van der Waals surface area contributed by atoms with Crippen LogP contribution in [-0.4, -0.2) is 49.3 Å². The number of hydrogen-bond acceptors (Lipinski definition) is 8. The first-order chi connectivity index (χ1) is 11.6. The summed E-state index contributed by atoms with van der Waals surface area (Å²) in [6.45, 7) is 12.5. The normalized spacial score (nSPS) is 12.3. The molecule has 0 aromatic carbocycles. The Morgan fingerprint density at radius 3 is 1.56 bits per heavy atom. The van der Waals surface area contributed by atoms with Gasteiger partial charge in [0.05, 0.1) is 0 Å². The topological polar surface area (TPSA) is 105 Å². The maximum atomic E-state index is 11.5. The summed E-state index contributed by atoms with van der Waals surface area (Å²) in [4.78, 5) is 45.7. The molecule has 0 aliphatic heterocycles. The van der Waals surface area contributed by atoms with Crippen molar-refractivity contribution in [2.75, 3.05) is 13.2 Å². The zero-order valence-corrected chi connectivity index (χ0v) is 15.0. The van der Waals surface area contributed by atoms with Gasteiger partial charge < -0.3 is 18.9 Å². The molecule has 0 saturated carbocycles. The van der Waals surface area contributed by atoms with Gasteiger partial charge in [0.15, 0.2) is 0 Å². The van der Waals surface area contributed by atoms with E-state index >= 15 is 0 Å². The molecular weight excluding hydrogens is 332 g/mol. The van der Waals surface area contributed by atoms with E-state index in [1.165, 1.54) is 20.8 Å². The minimum Gasteiger partial charge on any atom is -0.456 e. The maximum Gasteiger partial charge on any atom is 0.417 e. The van der Waals surface area contributed by atoms with Gasteiger partial charge in [-0.1, -0.05) is 20.1 Å². The predicted octanol–water partition coefficient (Wildman–Crippen LogP) is 1.48. The molecule has 8 heteroatoms. The van der Waals surface area contributed by atoms with Crippen molar-refractivity contribution in [1.29, 1.82) is 0 Å². The van der Waals surface area contributed by atoms with Crippen molar-refractivity contribution in [3.8, 4) is 0 Å². The smallest absolute Gasteiger partial charge is 0.417 e. The highest BCUT2D eigenvalue weighted by Gasteiger charge is 2.22. The van der Waals surface area contributed by atoms with Crippen molar-refractivity contribution in [3.05, 3.63) is 24.3 Å². The third kappa shape index (κ3) is 9.29. The van der Waals surface area contributed by atoms with Crippen molar-refractivity contribution >= 4 is 23.9 Å². The summed E-state index contributed by atoms with van der Waals surface area (Å²) in [5, 5.41) is 0. The van der Waals surface area contributed by atoms with E-state index in [1.54, 1.807) is 6.92 Å². The van der Waals surface area contributed by atoms with Crippen LogP contribution < -0.4 is 0 Å². The van der Waals surface area contributed by atoms with Gasteiger partial charge in [0.2, 0.25) is 0 Å². The molecule has 0 amide bonds. The lowest BCUT2D eigenvalue weighted by molar-refractivity contribution is -0.173. The summed E-state index contributed by atoms with van der Waals surface area (Å²) in [6, 6.07) is 0. The lowest BCUT2D eigenvalue weighted by Gasteiger charge is -2.15. The molecule has 0 fully saturated rings. The lowest BCUT2D eigenvalue weighted by atomic mass is 10.2. The molecule has 0 aromatic heterocycles.